The van der Waals surface area contributed by atoms with Gasteiger partial charge in [0.05, 0.1) is 0 Å². The second-order valence-corrected chi connectivity index (χ2v) is 5.46. The number of hydrogen-bond acceptors (Lipinski definition) is 4. The van der Waals surface area contributed by atoms with Crippen LogP contribution >= 0.6 is 0 Å². The average Bonchev–Trinajstić information content (AvgIpc) is 2.79. The molecule has 108 valence electrons. The summed E-state index contributed by atoms with van der Waals surface area (Å²) in [5, 5.41) is 0. The summed E-state index contributed by atoms with van der Waals surface area (Å²) in [6.07, 6.45) is 5.32. The van der Waals surface area contributed by atoms with Gasteiger partial charge < -0.3 is 4.90 Å². The molecule has 2 heterocycles. The predicted octanol–water partition coefficient (Wildman–Crippen LogP) is -0.157. The van der Waals surface area contributed by atoms with Gasteiger partial charge in [-0.05, 0) is 25.8 Å². The van der Waals surface area contributed by atoms with Crippen LogP contribution in [0.3, 0.4) is 0 Å². The fourth-order valence-electron chi connectivity index (χ4n) is 3.00. The summed E-state index contributed by atoms with van der Waals surface area (Å²) < 4.78 is 0. The molecule has 0 aliphatic carbocycles. The lowest BCUT2D eigenvalue weighted by molar-refractivity contribution is -0.130. The molecule has 2 fully saturated rings. The molecule has 0 aromatic carbocycles. The zero-order valence-corrected chi connectivity index (χ0v) is 11.4. The average molecular weight is 268 g/mol. The van der Waals surface area contributed by atoms with Crippen LogP contribution in [0.4, 0.5) is 0 Å². The van der Waals surface area contributed by atoms with Crippen molar-refractivity contribution in [2.24, 2.45) is 5.84 Å². The third-order valence-electron chi connectivity index (χ3n) is 4.12. The molecular weight excluding hydrogens is 244 g/mol. The van der Waals surface area contributed by atoms with Crippen LogP contribution in [-0.4, -0.2) is 53.8 Å². The summed E-state index contributed by atoms with van der Waals surface area (Å²) in [4.78, 5) is 27.0. The molecule has 1 atom stereocenters. The van der Waals surface area contributed by atoms with Gasteiger partial charge in [0.15, 0.2) is 0 Å². The Kier molecular flexibility index (Phi) is 5.15. The minimum atomic E-state index is -0.0851. The lowest BCUT2D eigenvalue weighted by atomic mass is 10.1. The summed E-state index contributed by atoms with van der Waals surface area (Å²) in [6, 6.07) is 0.448. The Bertz CT molecular complexity index is 335. The number of nitrogens with two attached hydrogens (primary N) is 1. The molecule has 0 bridgehead atoms. The maximum absolute atomic E-state index is 11.6. The van der Waals surface area contributed by atoms with Crippen LogP contribution in [0, 0.1) is 0 Å². The van der Waals surface area contributed by atoms with Gasteiger partial charge in [0.2, 0.25) is 11.8 Å². The zero-order chi connectivity index (χ0) is 13.7. The molecule has 2 amide bonds. The Morgan fingerprint density at radius 3 is 2.95 bits per heavy atom. The molecule has 0 aromatic rings. The topological polar surface area (TPSA) is 78.7 Å². The molecular formula is C13H24N4O2. The number of unbranched alkanes of at least 4 members (excludes halogenated alkanes) is 2. The minimum absolute atomic E-state index is 0.0851. The number of hydrogen-bond donors (Lipinski definition) is 2. The van der Waals surface area contributed by atoms with Crippen LogP contribution in [0.5, 0.6) is 0 Å². The largest absolute Gasteiger partial charge is 0.337 e. The predicted molar refractivity (Wildman–Crippen MR) is 72.0 cm³/mol. The lowest BCUT2D eigenvalue weighted by Crippen LogP contribution is -2.51. The van der Waals surface area contributed by atoms with Gasteiger partial charge >= 0.3 is 0 Å². The van der Waals surface area contributed by atoms with E-state index in [1.54, 1.807) is 0 Å². The summed E-state index contributed by atoms with van der Waals surface area (Å²) >= 11 is 0. The molecule has 6 nitrogen and oxygen atoms in total. The summed E-state index contributed by atoms with van der Waals surface area (Å²) in [5.74, 6) is 5.27. The van der Waals surface area contributed by atoms with Gasteiger partial charge in [-0.3, -0.25) is 19.9 Å². The Labute approximate surface area is 114 Å². The van der Waals surface area contributed by atoms with E-state index in [1.807, 2.05) is 4.90 Å². The van der Waals surface area contributed by atoms with Gasteiger partial charge in [0, 0.05) is 38.5 Å². The molecule has 2 aliphatic rings. The van der Waals surface area contributed by atoms with E-state index in [4.69, 9.17) is 5.84 Å². The van der Waals surface area contributed by atoms with Gasteiger partial charge in [0.1, 0.15) is 0 Å². The number of nitrogens with zero attached hydrogens (tertiary/aromatic N) is 2. The van der Waals surface area contributed by atoms with E-state index in [0.29, 0.717) is 18.4 Å². The first-order valence-corrected chi connectivity index (χ1v) is 7.22. The molecule has 0 saturated carbocycles. The maximum Gasteiger partial charge on any atom is 0.233 e. The highest BCUT2D eigenvalue weighted by Crippen LogP contribution is 2.22. The zero-order valence-electron chi connectivity index (χ0n) is 11.4. The molecule has 3 N–H and O–H groups in total. The number of carbonyl (C=O) groups excluding carboxylic acids is 2. The third kappa shape index (κ3) is 3.91. The van der Waals surface area contributed by atoms with E-state index in [1.165, 1.54) is 0 Å². The quantitative estimate of drug-likeness (QED) is 0.304. The highest BCUT2D eigenvalue weighted by atomic mass is 16.2. The molecule has 0 spiro atoms. The van der Waals surface area contributed by atoms with Gasteiger partial charge in [-0.1, -0.05) is 6.42 Å². The number of carbonyl (C=O) groups is 2. The van der Waals surface area contributed by atoms with Gasteiger partial charge in [-0.15, -0.1) is 0 Å². The first-order chi connectivity index (χ1) is 9.20. The van der Waals surface area contributed by atoms with E-state index in [2.05, 4.69) is 10.3 Å². The summed E-state index contributed by atoms with van der Waals surface area (Å²) in [7, 11) is 0. The van der Waals surface area contributed by atoms with E-state index >= 15 is 0 Å². The number of fused-ring (bicyclic) bond motifs is 1. The highest BCUT2D eigenvalue weighted by molar-refractivity contribution is 5.79. The van der Waals surface area contributed by atoms with Crippen LogP contribution in [0.1, 0.15) is 38.5 Å². The van der Waals surface area contributed by atoms with E-state index in [9.17, 15) is 9.59 Å². The Balaban J connectivity index is 1.58. The summed E-state index contributed by atoms with van der Waals surface area (Å²) in [6.45, 7) is 3.97. The molecule has 6 heteroatoms. The number of nitrogens with one attached hydrogen (secondary N) is 1. The van der Waals surface area contributed by atoms with Gasteiger partial charge in [-0.2, -0.15) is 0 Å². The number of piperazine rings is 1. The van der Waals surface area contributed by atoms with Crippen LogP contribution < -0.4 is 11.3 Å². The second kappa shape index (κ2) is 6.86. The monoisotopic (exact) mass is 268 g/mol. The standard InChI is InChI=1S/C13H24N4O2/c14-15-12(18)4-2-1-3-7-16-8-9-17-11(10-16)5-6-13(17)19/h11H,1-10,14H2,(H,15,18). The fourth-order valence-corrected chi connectivity index (χ4v) is 3.00. The maximum atomic E-state index is 11.6. The van der Waals surface area contributed by atoms with Crippen LogP contribution in [-0.2, 0) is 9.59 Å². The minimum Gasteiger partial charge on any atom is -0.337 e. The summed E-state index contributed by atoms with van der Waals surface area (Å²) in [5.41, 5.74) is 2.15. The fraction of sp³-hybridized carbons (Fsp3) is 0.846. The lowest BCUT2D eigenvalue weighted by Gasteiger charge is -2.37. The molecule has 2 rings (SSSR count). The van der Waals surface area contributed by atoms with Crippen LogP contribution in [0.2, 0.25) is 0 Å². The molecule has 0 aromatic heterocycles. The molecule has 2 aliphatic heterocycles. The first kappa shape index (κ1) is 14.3. The van der Waals surface area contributed by atoms with Crippen molar-refractivity contribution < 1.29 is 9.59 Å². The van der Waals surface area contributed by atoms with E-state index in [-0.39, 0.29) is 5.91 Å². The second-order valence-electron chi connectivity index (χ2n) is 5.46. The van der Waals surface area contributed by atoms with Crippen molar-refractivity contribution in [2.75, 3.05) is 26.2 Å². The first-order valence-electron chi connectivity index (χ1n) is 7.22. The molecule has 1 unspecified atom stereocenters. The van der Waals surface area contributed by atoms with Crippen molar-refractivity contribution >= 4 is 11.8 Å². The molecule has 2 saturated heterocycles. The Morgan fingerprint density at radius 2 is 2.16 bits per heavy atom. The smallest absolute Gasteiger partial charge is 0.233 e. The van der Waals surface area contributed by atoms with Crippen molar-refractivity contribution in [1.29, 1.82) is 0 Å². The van der Waals surface area contributed by atoms with Crippen molar-refractivity contribution in [1.82, 2.24) is 15.2 Å². The Hall–Kier alpha value is -1.14. The molecule has 0 radical (unpaired) electrons. The van der Waals surface area contributed by atoms with Gasteiger partial charge in [-0.25, -0.2) is 5.84 Å². The number of amides is 2. The Morgan fingerprint density at radius 1 is 1.32 bits per heavy atom. The van der Waals surface area contributed by atoms with Crippen molar-refractivity contribution in [2.45, 2.75) is 44.6 Å². The van der Waals surface area contributed by atoms with Gasteiger partial charge in [0.25, 0.3) is 0 Å². The van der Waals surface area contributed by atoms with Crippen molar-refractivity contribution in [3.8, 4) is 0 Å². The van der Waals surface area contributed by atoms with E-state index in [0.717, 1.165) is 58.3 Å². The van der Waals surface area contributed by atoms with Crippen LogP contribution in [0.15, 0.2) is 0 Å². The SMILES string of the molecule is NNC(=O)CCCCCN1CCN2C(=O)CCC2C1. The van der Waals surface area contributed by atoms with Crippen molar-refractivity contribution in [3.05, 3.63) is 0 Å². The highest BCUT2D eigenvalue weighted by Gasteiger charge is 2.34. The number of hydrazine groups is 1. The number of rotatable bonds is 6. The normalized spacial score (nSPS) is 23.5. The van der Waals surface area contributed by atoms with E-state index < -0.39 is 0 Å². The van der Waals surface area contributed by atoms with Crippen LogP contribution in [0.25, 0.3) is 0 Å². The third-order valence-corrected chi connectivity index (χ3v) is 4.12. The molecule has 19 heavy (non-hydrogen) atoms. The van der Waals surface area contributed by atoms with Crippen molar-refractivity contribution in [3.63, 3.8) is 0 Å².